The van der Waals surface area contributed by atoms with E-state index in [-0.39, 0.29) is 0 Å². The third-order valence-electron chi connectivity index (χ3n) is 4.80. The van der Waals surface area contributed by atoms with E-state index in [2.05, 4.69) is 27.0 Å². The molecule has 4 rings (SSSR count). The van der Waals surface area contributed by atoms with Gasteiger partial charge in [0.15, 0.2) is 5.58 Å². The van der Waals surface area contributed by atoms with Crippen LogP contribution in [-0.4, -0.2) is 40.6 Å². The number of aromatic nitrogens is 3. The van der Waals surface area contributed by atoms with Gasteiger partial charge in [0.1, 0.15) is 16.3 Å². The SMILES string of the molecule is CCSc1nc2ccc(OCCC3CCN(c4nnc(C)s4)CC3)cc2o1. The Hall–Kier alpha value is -1.80. The number of piperidine rings is 1. The molecule has 6 nitrogen and oxygen atoms in total. The predicted molar refractivity (Wildman–Crippen MR) is 110 cm³/mol. The average molecular weight is 405 g/mol. The molecule has 0 N–H and O–H groups in total. The predicted octanol–water partition coefficient (Wildman–Crippen LogP) is 4.79. The summed E-state index contributed by atoms with van der Waals surface area (Å²) in [5.41, 5.74) is 1.68. The van der Waals surface area contributed by atoms with Crippen molar-refractivity contribution >= 4 is 39.3 Å². The molecule has 0 spiro atoms. The normalized spacial score (nSPS) is 15.6. The molecule has 0 atom stereocenters. The zero-order valence-corrected chi connectivity index (χ0v) is 17.3. The number of benzene rings is 1. The number of hydrogen-bond acceptors (Lipinski definition) is 8. The number of oxazole rings is 1. The first-order valence-electron chi connectivity index (χ1n) is 9.42. The molecule has 0 amide bonds. The smallest absolute Gasteiger partial charge is 0.256 e. The molecule has 27 heavy (non-hydrogen) atoms. The van der Waals surface area contributed by atoms with Gasteiger partial charge in [0, 0.05) is 19.2 Å². The van der Waals surface area contributed by atoms with Crippen LogP contribution < -0.4 is 9.64 Å². The average Bonchev–Trinajstić information content (AvgIpc) is 3.28. The summed E-state index contributed by atoms with van der Waals surface area (Å²) in [6.45, 7) is 6.94. The first kappa shape index (κ1) is 18.6. The van der Waals surface area contributed by atoms with E-state index in [1.54, 1.807) is 23.1 Å². The Morgan fingerprint density at radius 1 is 1.30 bits per heavy atom. The van der Waals surface area contributed by atoms with Crippen molar-refractivity contribution in [3.8, 4) is 5.75 Å². The number of aryl methyl sites for hydroxylation is 1. The minimum atomic E-state index is 0.705. The maximum Gasteiger partial charge on any atom is 0.256 e. The van der Waals surface area contributed by atoms with Gasteiger partial charge >= 0.3 is 0 Å². The summed E-state index contributed by atoms with van der Waals surface area (Å²) >= 11 is 3.29. The molecule has 1 aliphatic heterocycles. The molecule has 1 aliphatic rings. The third kappa shape index (κ3) is 4.55. The Morgan fingerprint density at radius 3 is 2.89 bits per heavy atom. The van der Waals surface area contributed by atoms with E-state index in [9.17, 15) is 0 Å². The maximum absolute atomic E-state index is 5.97. The fourth-order valence-corrected chi connectivity index (χ4v) is 4.63. The van der Waals surface area contributed by atoms with E-state index in [0.29, 0.717) is 5.92 Å². The molecule has 1 saturated heterocycles. The highest BCUT2D eigenvalue weighted by molar-refractivity contribution is 7.99. The molecule has 1 fully saturated rings. The molecule has 0 saturated carbocycles. The Balaban J connectivity index is 1.25. The highest BCUT2D eigenvalue weighted by Crippen LogP contribution is 2.29. The summed E-state index contributed by atoms with van der Waals surface area (Å²) in [6, 6.07) is 5.89. The molecule has 0 unspecified atom stereocenters. The van der Waals surface area contributed by atoms with Crippen LogP contribution in [0.5, 0.6) is 5.75 Å². The van der Waals surface area contributed by atoms with E-state index >= 15 is 0 Å². The quantitative estimate of drug-likeness (QED) is 0.525. The minimum absolute atomic E-state index is 0.705. The first-order valence-corrected chi connectivity index (χ1v) is 11.2. The van der Waals surface area contributed by atoms with Gasteiger partial charge in [-0.15, -0.1) is 10.2 Å². The van der Waals surface area contributed by atoms with Crippen LogP contribution in [0.15, 0.2) is 27.8 Å². The summed E-state index contributed by atoms with van der Waals surface area (Å²) in [5.74, 6) is 2.51. The number of thioether (sulfide) groups is 1. The van der Waals surface area contributed by atoms with E-state index in [1.807, 2.05) is 25.1 Å². The lowest BCUT2D eigenvalue weighted by atomic mass is 9.94. The largest absolute Gasteiger partial charge is 0.493 e. The molecule has 2 aromatic heterocycles. The molecule has 0 bridgehead atoms. The van der Waals surface area contributed by atoms with Gasteiger partial charge in [-0.1, -0.05) is 30.0 Å². The van der Waals surface area contributed by atoms with Crippen molar-refractivity contribution in [2.75, 3.05) is 30.3 Å². The van der Waals surface area contributed by atoms with Crippen LogP contribution in [0, 0.1) is 12.8 Å². The second kappa shape index (κ2) is 8.48. The van der Waals surface area contributed by atoms with E-state index in [1.165, 1.54) is 12.8 Å². The Morgan fingerprint density at radius 2 is 2.15 bits per heavy atom. The molecule has 3 heterocycles. The number of nitrogens with zero attached hydrogens (tertiary/aromatic N) is 4. The summed E-state index contributed by atoms with van der Waals surface area (Å²) in [7, 11) is 0. The number of hydrogen-bond donors (Lipinski definition) is 0. The van der Waals surface area contributed by atoms with Gasteiger partial charge in [0.05, 0.1) is 6.61 Å². The van der Waals surface area contributed by atoms with Gasteiger partial charge in [0.25, 0.3) is 5.22 Å². The van der Waals surface area contributed by atoms with Gasteiger partial charge in [-0.3, -0.25) is 0 Å². The monoisotopic (exact) mass is 404 g/mol. The van der Waals surface area contributed by atoms with Gasteiger partial charge < -0.3 is 14.1 Å². The molecule has 0 aliphatic carbocycles. The minimum Gasteiger partial charge on any atom is -0.493 e. The summed E-state index contributed by atoms with van der Waals surface area (Å²) in [4.78, 5) is 6.81. The van der Waals surface area contributed by atoms with Gasteiger partial charge in [-0.05, 0) is 50.0 Å². The van der Waals surface area contributed by atoms with Gasteiger partial charge in [-0.25, -0.2) is 4.98 Å². The van der Waals surface area contributed by atoms with Gasteiger partial charge in [-0.2, -0.15) is 0 Å². The number of rotatable bonds is 7. The topological polar surface area (TPSA) is 64.3 Å². The zero-order chi connectivity index (χ0) is 18.6. The lowest BCUT2D eigenvalue weighted by Crippen LogP contribution is -2.34. The van der Waals surface area contributed by atoms with Crippen molar-refractivity contribution in [2.45, 2.75) is 38.3 Å². The van der Waals surface area contributed by atoms with E-state index in [0.717, 1.165) is 64.1 Å². The molecular weight excluding hydrogens is 380 g/mol. The molecule has 8 heteroatoms. The van der Waals surface area contributed by atoms with Crippen molar-refractivity contribution in [1.82, 2.24) is 15.2 Å². The lowest BCUT2D eigenvalue weighted by Gasteiger charge is -2.31. The molecule has 3 aromatic rings. The molecule has 1 aromatic carbocycles. The van der Waals surface area contributed by atoms with Crippen LogP contribution in [0.2, 0.25) is 0 Å². The highest BCUT2D eigenvalue weighted by atomic mass is 32.2. The van der Waals surface area contributed by atoms with Crippen molar-refractivity contribution < 1.29 is 9.15 Å². The van der Waals surface area contributed by atoms with Crippen molar-refractivity contribution in [3.63, 3.8) is 0 Å². The van der Waals surface area contributed by atoms with Crippen LogP contribution >= 0.6 is 23.1 Å². The summed E-state index contributed by atoms with van der Waals surface area (Å²) in [5, 5.41) is 11.2. The first-order chi connectivity index (χ1) is 13.2. The molecule has 144 valence electrons. The third-order valence-corrected chi connectivity index (χ3v) is 6.41. The van der Waals surface area contributed by atoms with Crippen molar-refractivity contribution in [3.05, 3.63) is 23.2 Å². The van der Waals surface area contributed by atoms with Gasteiger partial charge in [0.2, 0.25) is 5.13 Å². The van der Waals surface area contributed by atoms with Crippen LogP contribution in [0.25, 0.3) is 11.1 Å². The second-order valence-electron chi connectivity index (χ2n) is 6.71. The Labute approximate surface area is 167 Å². The summed E-state index contributed by atoms with van der Waals surface area (Å²) < 4.78 is 11.7. The van der Waals surface area contributed by atoms with Crippen LogP contribution in [0.3, 0.4) is 0 Å². The zero-order valence-electron chi connectivity index (χ0n) is 15.7. The number of anilines is 1. The fourth-order valence-electron chi connectivity index (χ4n) is 3.33. The van der Waals surface area contributed by atoms with Crippen molar-refractivity contribution in [2.24, 2.45) is 5.92 Å². The Bertz CT molecular complexity index is 887. The number of fused-ring (bicyclic) bond motifs is 1. The van der Waals surface area contributed by atoms with Crippen LogP contribution in [0.4, 0.5) is 5.13 Å². The summed E-state index contributed by atoms with van der Waals surface area (Å²) in [6.07, 6.45) is 3.44. The van der Waals surface area contributed by atoms with Crippen LogP contribution in [0.1, 0.15) is 31.2 Å². The second-order valence-corrected chi connectivity index (χ2v) is 9.09. The lowest BCUT2D eigenvalue weighted by molar-refractivity contribution is 0.258. The van der Waals surface area contributed by atoms with E-state index in [4.69, 9.17) is 9.15 Å². The fraction of sp³-hybridized carbons (Fsp3) is 0.526. The number of ether oxygens (including phenoxy) is 1. The maximum atomic E-state index is 5.97. The van der Waals surface area contributed by atoms with E-state index < -0.39 is 0 Å². The highest BCUT2D eigenvalue weighted by Gasteiger charge is 2.21. The standard InChI is InChI=1S/C19H24N4O2S2/c1-3-26-19-20-16-5-4-15(12-17(16)25-19)24-11-8-14-6-9-23(10-7-14)18-22-21-13(2)27-18/h4-5,12,14H,3,6-11H2,1-2H3. The molecular formula is C19H24N4O2S2. The molecule has 0 radical (unpaired) electrons. The van der Waals surface area contributed by atoms with Crippen molar-refractivity contribution in [1.29, 1.82) is 0 Å². The Kier molecular flexibility index (Phi) is 5.83. The van der Waals surface area contributed by atoms with Crippen LogP contribution in [-0.2, 0) is 0 Å².